The highest BCUT2D eigenvalue weighted by molar-refractivity contribution is 5.82. The molecule has 1 N–H and O–H groups in total. The summed E-state index contributed by atoms with van der Waals surface area (Å²) < 4.78 is 0. The molecule has 2 aliphatic heterocycles. The van der Waals surface area contributed by atoms with Gasteiger partial charge in [-0.15, -0.1) is 0 Å². The summed E-state index contributed by atoms with van der Waals surface area (Å²) in [5, 5.41) is 3.70. The Morgan fingerprint density at radius 2 is 1.80 bits per heavy atom. The average molecular weight is 278 g/mol. The zero-order chi connectivity index (χ0) is 14.1. The number of amides is 1. The molecule has 1 amide bonds. The molecule has 0 aromatic heterocycles. The number of carbonyl (C=O) groups is 1. The number of piperidine rings is 2. The van der Waals surface area contributed by atoms with Gasteiger partial charge in [-0.25, -0.2) is 0 Å². The number of hydrogen-bond acceptors (Lipinski definition) is 2. The average Bonchev–Trinajstić information content (AvgIpc) is 2.48. The predicted octanol–water partition coefficient (Wildman–Crippen LogP) is 2.94. The minimum Gasteiger partial charge on any atom is -0.338 e. The van der Waals surface area contributed by atoms with E-state index >= 15 is 0 Å². The molecular formula is C17H30N2O. The smallest absolute Gasteiger partial charge is 0.239 e. The van der Waals surface area contributed by atoms with Crippen LogP contribution in [0.2, 0.25) is 0 Å². The van der Waals surface area contributed by atoms with Gasteiger partial charge in [-0.1, -0.05) is 19.8 Å². The second kappa shape index (κ2) is 6.05. The quantitative estimate of drug-likeness (QED) is 0.800. The van der Waals surface area contributed by atoms with Crippen LogP contribution in [0.1, 0.15) is 65.2 Å². The van der Waals surface area contributed by atoms with Gasteiger partial charge >= 0.3 is 0 Å². The normalized spacial score (nSPS) is 42.1. The summed E-state index contributed by atoms with van der Waals surface area (Å²) in [6.45, 7) is 5.46. The van der Waals surface area contributed by atoms with Gasteiger partial charge in [-0.2, -0.15) is 0 Å². The number of hydrogen-bond donors (Lipinski definition) is 1. The van der Waals surface area contributed by atoms with Crippen LogP contribution in [-0.2, 0) is 4.79 Å². The minimum atomic E-state index is 0.0992. The molecule has 0 spiro atoms. The number of rotatable bonds is 1. The molecule has 3 rings (SSSR count). The van der Waals surface area contributed by atoms with Gasteiger partial charge in [0.05, 0.1) is 6.04 Å². The molecule has 114 valence electrons. The van der Waals surface area contributed by atoms with E-state index < -0.39 is 0 Å². The van der Waals surface area contributed by atoms with E-state index in [2.05, 4.69) is 24.1 Å². The molecule has 20 heavy (non-hydrogen) atoms. The molecule has 3 heteroatoms. The highest BCUT2D eigenvalue weighted by atomic mass is 16.2. The lowest BCUT2D eigenvalue weighted by Crippen LogP contribution is -2.58. The van der Waals surface area contributed by atoms with Crippen molar-refractivity contribution >= 4 is 5.91 Å². The van der Waals surface area contributed by atoms with Crippen molar-refractivity contribution in [3.63, 3.8) is 0 Å². The van der Waals surface area contributed by atoms with Crippen LogP contribution in [0.15, 0.2) is 0 Å². The van der Waals surface area contributed by atoms with Gasteiger partial charge in [0.1, 0.15) is 0 Å². The van der Waals surface area contributed by atoms with Gasteiger partial charge in [-0.05, 0) is 57.3 Å². The lowest BCUT2D eigenvalue weighted by molar-refractivity contribution is -0.139. The van der Waals surface area contributed by atoms with E-state index in [1.54, 1.807) is 0 Å². The highest BCUT2D eigenvalue weighted by Gasteiger charge is 2.38. The first kappa shape index (κ1) is 14.4. The Kier molecular flexibility index (Phi) is 4.34. The van der Waals surface area contributed by atoms with E-state index in [0.29, 0.717) is 23.9 Å². The first-order valence-electron chi connectivity index (χ1n) is 8.71. The number of likely N-dealkylation sites (tertiary alicyclic amines) is 1. The van der Waals surface area contributed by atoms with Gasteiger partial charge in [0.25, 0.3) is 0 Å². The predicted molar refractivity (Wildman–Crippen MR) is 81.5 cm³/mol. The van der Waals surface area contributed by atoms with Gasteiger partial charge in [-0.3, -0.25) is 4.79 Å². The molecule has 3 aliphatic rings. The lowest BCUT2D eigenvalue weighted by atomic mass is 9.77. The van der Waals surface area contributed by atoms with Crippen molar-refractivity contribution in [3.05, 3.63) is 0 Å². The summed E-state index contributed by atoms with van der Waals surface area (Å²) in [4.78, 5) is 15.0. The first-order valence-corrected chi connectivity index (χ1v) is 8.71. The monoisotopic (exact) mass is 278 g/mol. The van der Waals surface area contributed by atoms with Crippen LogP contribution in [0, 0.1) is 11.8 Å². The molecule has 1 saturated carbocycles. The lowest BCUT2D eigenvalue weighted by Gasteiger charge is -2.44. The third-order valence-corrected chi connectivity index (χ3v) is 5.85. The van der Waals surface area contributed by atoms with E-state index in [9.17, 15) is 4.79 Å². The van der Waals surface area contributed by atoms with Crippen molar-refractivity contribution in [2.24, 2.45) is 11.8 Å². The van der Waals surface area contributed by atoms with Gasteiger partial charge < -0.3 is 10.2 Å². The molecule has 2 heterocycles. The Hall–Kier alpha value is -0.570. The maximum atomic E-state index is 12.8. The summed E-state index contributed by atoms with van der Waals surface area (Å²) in [5.74, 6) is 1.89. The molecule has 5 unspecified atom stereocenters. The molecule has 5 atom stereocenters. The zero-order valence-electron chi connectivity index (χ0n) is 13.1. The van der Waals surface area contributed by atoms with Crippen molar-refractivity contribution in [2.75, 3.05) is 6.54 Å². The molecule has 0 aromatic rings. The van der Waals surface area contributed by atoms with Crippen LogP contribution in [-0.4, -0.2) is 35.5 Å². The van der Waals surface area contributed by atoms with Crippen molar-refractivity contribution in [1.82, 2.24) is 10.2 Å². The second-order valence-corrected chi connectivity index (χ2v) is 7.47. The van der Waals surface area contributed by atoms with E-state index in [1.807, 2.05) is 0 Å². The van der Waals surface area contributed by atoms with Crippen LogP contribution in [0.3, 0.4) is 0 Å². The van der Waals surface area contributed by atoms with E-state index in [-0.39, 0.29) is 6.04 Å². The Morgan fingerprint density at radius 1 is 1.00 bits per heavy atom. The Bertz CT molecular complexity index is 357. The zero-order valence-corrected chi connectivity index (χ0v) is 13.1. The fraction of sp³-hybridized carbons (Fsp3) is 0.941. The largest absolute Gasteiger partial charge is 0.338 e. The summed E-state index contributed by atoms with van der Waals surface area (Å²) in [6.07, 6.45) is 10.1. The van der Waals surface area contributed by atoms with Crippen LogP contribution in [0.25, 0.3) is 0 Å². The standard InChI is InChI=1S/C17H30N2O/c1-12-7-8-13(2)19(11-12)17(20)16-10-9-14-5-3-4-6-15(14)18-16/h12-16,18H,3-11H2,1-2H3. The maximum absolute atomic E-state index is 12.8. The van der Waals surface area contributed by atoms with Crippen molar-refractivity contribution < 1.29 is 4.79 Å². The number of carbonyl (C=O) groups excluding carboxylic acids is 1. The van der Waals surface area contributed by atoms with E-state index in [1.165, 1.54) is 44.9 Å². The molecule has 2 saturated heterocycles. The van der Waals surface area contributed by atoms with Crippen LogP contribution in [0.4, 0.5) is 0 Å². The Labute approximate surface area is 123 Å². The summed E-state index contributed by atoms with van der Waals surface area (Å²) in [5.41, 5.74) is 0. The fourth-order valence-electron chi connectivity index (χ4n) is 4.49. The minimum absolute atomic E-state index is 0.0992. The molecule has 3 nitrogen and oxygen atoms in total. The molecule has 3 fully saturated rings. The van der Waals surface area contributed by atoms with Crippen molar-refractivity contribution in [3.8, 4) is 0 Å². The van der Waals surface area contributed by atoms with Crippen LogP contribution >= 0.6 is 0 Å². The fourth-order valence-corrected chi connectivity index (χ4v) is 4.49. The third-order valence-electron chi connectivity index (χ3n) is 5.85. The first-order chi connectivity index (χ1) is 9.65. The molecule has 1 aliphatic carbocycles. The number of nitrogens with zero attached hydrogens (tertiary/aromatic N) is 1. The Morgan fingerprint density at radius 3 is 2.65 bits per heavy atom. The summed E-state index contributed by atoms with van der Waals surface area (Å²) in [7, 11) is 0. The number of nitrogens with one attached hydrogen (secondary N) is 1. The van der Waals surface area contributed by atoms with Crippen molar-refractivity contribution in [1.29, 1.82) is 0 Å². The Balaban J connectivity index is 1.62. The summed E-state index contributed by atoms with van der Waals surface area (Å²) in [6, 6.07) is 1.15. The highest BCUT2D eigenvalue weighted by Crippen LogP contribution is 2.33. The van der Waals surface area contributed by atoms with Crippen LogP contribution < -0.4 is 5.32 Å². The van der Waals surface area contributed by atoms with Gasteiger partial charge in [0, 0.05) is 18.6 Å². The van der Waals surface area contributed by atoms with E-state index in [0.717, 1.165) is 18.9 Å². The molecule has 0 bridgehead atoms. The SMILES string of the molecule is CC1CCC(C)N(C(=O)C2CCC3CCCCC3N2)C1. The second-order valence-electron chi connectivity index (χ2n) is 7.47. The van der Waals surface area contributed by atoms with E-state index in [4.69, 9.17) is 0 Å². The topological polar surface area (TPSA) is 32.3 Å². The van der Waals surface area contributed by atoms with Gasteiger partial charge in [0.2, 0.25) is 5.91 Å². The van der Waals surface area contributed by atoms with Crippen molar-refractivity contribution in [2.45, 2.75) is 83.3 Å². The third kappa shape index (κ3) is 2.88. The number of fused-ring (bicyclic) bond motifs is 1. The van der Waals surface area contributed by atoms with Gasteiger partial charge in [0.15, 0.2) is 0 Å². The maximum Gasteiger partial charge on any atom is 0.239 e. The summed E-state index contributed by atoms with van der Waals surface area (Å²) >= 11 is 0. The molecule has 0 radical (unpaired) electrons. The molecule has 0 aromatic carbocycles. The van der Waals surface area contributed by atoms with Crippen LogP contribution in [0.5, 0.6) is 0 Å². The molecular weight excluding hydrogens is 248 g/mol.